The van der Waals surface area contributed by atoms with Crippen molar-refractivity contribution in [1.82, 2.24) is 25.4 Å². The molecular weight excluding hydrogens is 367 g/mol. The Morgan fingerprint density at radius 2 is 2.14 bits per heavy atom. The van der Waals surface area contributed by atoms with Gasteiger partial charge in [-0.15, -0.1) is 10.2 Å². The average Bonchev–Trinajstić information content (AvgIpc) is 2.93. The van der Waals surface area contributed by atoms with Crippen molar-refractivity contribution in [3.8, 4) is 0 Å². The fourth-order valence-electron chi connectivity index (χ4n) is 3.65. The van der Waals surface area contributed by atoms with Crippen LogP contribution in [0.25, 0.3) is 0 Å². The number of fused-ring (bicyclic) bond motifs is 1. The molecule has 0 radical (unpaired) electrons. The monoisotopic (exact) mass is 400 g/mol. The van der Waals surface area contributed by atoms with E-state index in [9.17, 15) is 4.39 Å². The maximum atomic E-state index is 13.9. The summed E-state index contributed by atoms with van der Waals surface area (Å²) in [6.45, 7) is 8.35. The van der Waals surface area contributed by atoms with Gasteiger partial charge in [-0.25, -0.2) is 4.39 Å². The number of hydrogen-bond donors (Lipinski definition) is 2. The minimum Gasteiger partial charge on any atom is -0.357 e. The van der Waals surface area contributed by atoms with Crippen LogP contribution in [0.4, 0.5) is 4.39 Å². The van der Waals surface area contributed by atoms with Gasteiger partial charge in [0, 0.05) is 32.5 Å². The first kappa shape index (κ1) is 21.3. The van der Waals surface area contributed by atoms with Crippen LogP contribution in [0.3, 0.4) is 0 Å². The van der Waals surface area contributed by atoms with Gasteiger partial charge in [0.05, 0.1) is 6.04 Å². The number of nitrogens with one attached hydrogen (secondary N) is 2. The highest BCUT2D eigenvalue weighted by molar-refractivity contribution is 5.80. The summed E-state index contributed by atoms with van der Waals surface area (Å²) in [4.78, 5) is 4.69. The lowest BCUT2D eigenvalue weighted by molar-refractivity contribution is 0.596. The van der Waals surface area contributed by atoms with Crippen LogP contribution in [-0.4, -0.2) is 33.8 Å². The summed E-state index contributed by atoms with van der Waals surface area (Å²) < 4.78 is 16.2. The van der Waals surface area contributed by atoms with Crippen molar-refractivity contribution in [2.45, 2.75) is 71.9 Å². The highest BCUT2D eigenvalue weighted by Gasteiger charge is 2.14. The van der Waals surface area contributed by atoms with Gasteiger partial charge in [-0.3, -0.25) is 4.99 Å². The van der Waals surface area contributed by atoms with Gasteiger partial charge in [0.2, 0.25) is 0 Å². The summed E-state index contributed by atoms with van der Waals surface area (Å²) in [6, 6.07) is 5.33. The third kappa shape index (κ3) is 5.78. The maximum absolute atomic E-state index is 13.9. The van der Waals surface area contributed by atoms with E-state index in [2.05, 4.69) is 25.4 Å². The standard InChI is InChI=1S/C22H33FN6/c1-4-24-22(26-17(3)18-12-11-16(2)19(23)15-18)25-13-8-10-21-28-27-20-9-6-5-7-14-29(20)21/h11-12,15,17H,4-10,13-14H2,1-3H3,(H2,24,25,26). The van der Waals surface area contributed by atoms with Crippen molar-refractivity contribution in [2.75, 3.05) is 13.1 Å². The van der Waals surface area contributed by atoms with E-state index in [1.54, 1.807) is 13.0 Å². The Kier molecular flexibility index (Phi) is 7.61. The minimum atomic E-state index is -0.175. The maximum Gasteiger partial charge on any atom is 0.191 e. The molecule has 1 aromatic carbocycles. The van der Waals surface area contributed by atoms with E-state index in [4.69, 9.17) is 4.99 Å². The molecule has 1 aliphatic heterocycles. The molecule has 2 heterocycles. The van der Waals surface area contributed by atoms with Crippen LogP contribution in [0.5, 0.6) is 0 Å². The molecule has 1 aliphatic rings. The second kappa shape index (κ2) is 10.4. The first-order valence-electron chi connectivity index (χ1n) is 10.8. The van der Waals surface area contributed by atoms with Crippen LogP contribution in [0.1, 0.15) is 68.3 Å². The van der Waals surface area contributed by atoms with Gasteiger partial charge in [-0.1, -0.05) is 18.6 Å². The topological polar surface area (TPSA) is 67.1 Å². The molecular formula is C22H33FN6. The quantitative estimate of drug-likeness (QED) is 0.422. The van der Waals surface area contributed by atoms with Crippen molar-refractivity contribution in [2.24, 2.45) is 4.99 Å². The number of aromatic nitrogens is 3. The van der Waals surface area contributed by atoms with E-state index >= 15 is 0 Å². The van der Waals surface area contributed by atoms with Gasteiger partial charge in [-0.05, 0) is 57.2 Å². The van der Waals surface area contributed by atoms with Crippen LogP contribution in [0, 0.1) is 12.7 Å². The van der Waals surface area contributed by atoms with E-state index < -0.39 is 0 Å². The van der Waals surface area contributed by atoms with Crippen molar-refractivity contribution in [1.29, 1.82) is 0 Å². The fraction of sp³-hybridized carbons (Fsp3) is 0.591. The van der Waals surface area contributed by atoms with Gasteiger partial charge >= 0.3 is 0 Å². The summed E-state index contributed by atoms with van der Waals surface area (Å²) >= 11 is 0. The molecule has 0 spiro atoms. The van der Waals surface area contributed by atoms with Crippen LogP contribution in [0.2, 0.25) is 0 Å². The lowest BCUT2D eigenvalue weighted by Crippen LogP contribution is -2.38. The molecule has 7 heteroatoms. The lowest BCUT2D eigenvalue weighted by atomic mass is 10.1. The molecule has 29 heavy (non-hydrogen) atoms. The summed E-state index contributed by atoms with van der Waals surface area (Å²) in [5.74, 6) is 2.79. The zero-order valence-electron chi connectivity index (χ0n) is 17.8. The predicted molar refractivity (Wildman–Crippen MR) is 115 cm³/mol. The Morgan fingerprint density at radius 3 is 2.93 bits per heavy atom. The Bertz CT molecular complexity index is 829. The van der Waals surface area contributed by atoms with Crippen molar-refractivity contribution in [3.63, 3.8) is 0 Å². The van der Waals surface area contributed by atoms with Crippen LogP contribution in [-0.2, 0) is 19.4 Å². The lowest BCUT2D eigenvalue weighted by Gasteiger charge is -2.18. The van der Waals surface area contributed by atoms with Crippen LogP contribution >= 0.6 is 0 Å². The molecule has 0 fully saturated rings. The largest absolute Gasteiger partial charge is 0.357 e. The molecule has 1 unspecified atom stereocenters. The highest BCUT2D eigenvalue weighted by Crippen LogP contribution is 2.17. The molecule has 2 aromatic rings. The Balaban J connectivity index is 1.55. The number of guanidine groups is 1. The number of rotatable bonds is 7. The van der Waals surface area contributed by atoms with Crippen LogP contribution in [0.15, 0.2) is 23.2 Å². The Labute approximate surface area is 173 Å². The molecule has 1 atom stereocenters. The van der Waals surface area contributed by atoms with E-state index in [1.165, 1.54) is 19.3 Å². The molecule has 1 aromatic heterocycles. The molecule has 0 amide bonds. The van der Waals surface area contributed by atoms with Crippen molar-refractivity contribution >= 4 is 5.96 Å². The number of aryl methyl sites for hydroxylation is 3. The first-order chi connectivity index (χ1) is 14.1. The summed E-state index contributed by atoms with van der Waals surface area (Å²) in [7, 11) is 0. The molecule has 0 aliphatic carbocycles. The molecule has 3 rings (SSSR count). The smallest absolute Gasteiger partial charge is 0.191 e. The van der Waals surface area contributed by atoms with Gasteiger partial charge in [-0.2, -0.15) is 0 Å². The summed E-state index contributed by atoms with van der Waals surface area (Å²) in [5, 5.41) is 15.4. The van der Waals surface area contributed by atoms with Gasteiger partial charge in [0.1, 0.15) is 17.5 Å². The molecule has 0 bridgehead atoms. The molecule has 2 N–H and O–H groups in total. The second-order valence-electron chi connectivity index (χ2n) is 7.73. The number of nitrogens with zero attached hydrogens (tertiary/aromatic N) is 4. The van der Waals surface area contributed by atoms with Crippen LogP contribution < -0.4 is 10.6 Å². The normalized spacial score (nSPS) is 15.5. The first-order valence-corrected chi connectivity index (χ1v) is 10.8. The summed E-state index contributed by atoms with van der Waals surface area (Å²) in [5.41, 5.74) is 1.57. The summed E-state index contributed by atoms with van der Waals surface area (Å²) in [6.07, 6.45) is 6.53. The molecule has 0 saturated carbocycles. The Hall–Kier alpha value is -2.44. The third-order valence-electron chi connectivity index (χ3n) is 5.41. The van der Waals surface area contributed by atoms with Gasteiger partial charge in [0.15, 0.2) is 5.96 Å². The van der Waals surface area contributed by atoms with E-state index in [0.717, 1.165) is 55.5 Å². The number of aliphatic imine (C=N–C) groups is 1. The zero-order valence-corrected chi connectivity index (χ0v) is 17.8. The van der Waals surface area contributed by atoms with Crippen molar-refractivity contribution in [3.05, 3.63) is 46.8 Å². The molecule has 158 valence electrons. The zero-order chi connectivity index (χ0) is 20.6. The SMILES string of the molecule is CCNC(=NCCCc1nnc2n1CCCCC2)NC(C)c1ccc(C)c(F)c1. The van der Waals surface area contributed by atoms with Crippen molar-refractivity contribution < 1.29 is 4.39 Å². The van der Waals surface area contributed by atoms with E-state index in [-0.39, 0.29) is 11.9 Å². The molecule has 0 saturated heterocycles. The van der Waals surface area contributed by atoms with Gasteiger partial charge < -0.3 is 15.2 Å². The number of benzene rings is 1. The fourth-order valence-corrected chi connectivity index (χ4v) is 3.65. The third-order valence-corrected chi connectivity index (χ3v) is 5.41. The van der Waals surface area contributed by atoms with E-state index in [1.807, 2.05) is 26.0 Å². The van der Waals surface area contributed by atoms with Gasteiger partial charge in [0.25, 0.3) is 0 Å². The number of hydrogen-bond acceptors (Lipinski definition) is 3. The predicted octanol–water partition coefficient (Wildman–Crippen LogP) is 3.70. The molecule has 6 nitrogen and oxygen atoms in total. The number of halogens is 1. The highest BCUT2D eigenvalue weighted by atomic mass is 19.1. The second-order valence-corrected chi connectivity index (χ2v) is 7.73. The Morgan fingerprint density at radius 1 is 1.28 bits per heavy atom. The van der Waals surface area contributed by atoms with E-state index in [0.29, 0.717) is 12.1 Å². The average molecular weight is 401 g/mol. The minimum absolute atomic E-state index is 0.0323.